The number of likely N-dealkylation sites (tertiary alicyclic amines) is 1. The second-order valence-corrected chi connectivity index (χ2v) is 3.27. The molecule has 1 amide bonds. The van der Waals surface area contributed by atoms with Crippen molar-refractivity contribution in [1.82, 2.24) is 14.7 Å². The van der Waals surface area contributed by atoms with Crippen LogP contribution in [0.3, 0.4) is 0 Å². The largest absolute Gasteiger partial charge is 0.333 e. The van der Waals surface area contributed by atoms with Crippen molar-refractivity contribution in [3.63, 3.8) is 0 Å². The highest BCUT2D eigenvalue weighted by atomic mass is 16.2. The predicted molar refractivity (Wildman–Crippen MR) is 46.6 cm³/mol. The van der Waals surface area contributed by atoms with E-state index in [4.69, 9.17) is 5.73 Å². The third-order valence-electron chi connectivity index (χ3n) is 2.32. The molecule has 5 nitrogen and oxygen atoms in total. The highest BCUT2D eigenvalue weighted by molar-refractivity contribution is 5.87. The van der Waals surface area contributed by atoms with E-state index in [9.17, 15) is 4.79 Å². The van der Waals surface area contributed by atoms with Gasteiger partial charge in [-0.1, -0.05) is 0 Å². The molecule has 0 aromatic carbocycles. The molecule has 1 atom stereocenters. The van der Waals surface area contributed by atoms with Gasteiger partial charge in [0.2, 0.25) is 5.91 Å². The van der Waals surface area contributed by atoms with Gasteiger partial charge in [-0.05, 0) is 6.07 Å². The van der Waals surface area contributed by atoms with Gasteiger partial charge in [-0.3, -0.25) is 9.48 Å². The van der Waals surface area contributed by atoms with E-state index in [1.165, 1.54) is 0 Å². The molecule has 1 aliphatic heterocycles. The van der Waals surface area contributed by atoms with E-state index in [-0.39, 0.29) is 11.9 Å². The Bertz CT molecular complexity index is 333. The Hall–Kier alpha value is -1.36. The van der Waals surface area contributed by atoms with E-state index < -0.39 is 0 Å². The third-order valence-corrected chi connectivity index (χ3v) is 2.32. The lowest BCUT2D eigenvalue weighted by molar-refractivity contribution is -0.143. The second kappa shape index (κ2) is 2.85. The average Bonchev–Trinajstić information content (AvgIpc) is 2.51. The summed E-state index contributed by atoms with van der Waals surface area (Å²) in [5.41, 5.74) is 6.49. The van der Waals surface area contributed by atoms with Crippen LogP contribution in [0.5, 0.6) is 0 Å². The molecule has 0 saturated carbocycles. The minimum Gasteiger partial charge on any atom is -0.333 e. The number of aryl methyl sites for hydroxylation is 1. The molecule has 1 aliphatic rings. The first-order valence-electron chi connectivity index (χ1n) is 4.20. The summed E-state index contributed by atoms with van der Waals surface area (Å²) in [6.07, 6.45) is 1.72. The zero-order valence-electron chi connectivity index (χ0n) is 7.47. The topological polar surface area (TPSA) is 64.2 Å². The normalized spacial score (nSPS) is 21.8. The van der Waals surface area contributed by atoms with Crippen LogP contribution in [0.1, 0.15) is 5.69 Å². The maximum atomic E-state index is 11.2. The molecule has 1 aromatic heterocycles. The number of β-lactam (4-membered cyclic amide) rings is 1. The monoisotopic (exact) mass is 180 g/mol. The molecule has 1 aromatic rings. The number of amides is 1. The van der Waals surface area contributed by atoms with Crippen molar-refractivity contribution in [2.24, 2.45) is 12.8 Å². The lowest BCUT2D eigenvalue weighted by Crippen LogP contribution is -2.60. The highest BCUT2D eigenvalue weighted by Gasteiger charge is 2.33. The fraction of sp³-hybridized carbons (Fsp3) is 0.500. The molecule has 70 valence electrons. The molecular formula is C8H12N4O. The van der Waals surface area contributed by atoms with Gasteiger partial charge >= 0.3 is 0 Å². The minimum atomic E-state index is -0.284. The maximum Gasteiger partial charge on any atom is 0.241 e. The number of hydrogen-bond acceptors (Lipinski definition) is 3. The first-order chi connectivity index (χ1) is 6.18. The van der Waals surface area contributed by atoms with Crippen molar-refractivity contribution < 1.29 is 4.79 Å². The highest BCUT2D eigenvalue weighted by Crippen LogP contribution is 2.12. The minimum absolute atomic E-state index is 0.0289. The van der Waals surface area contributed by atoms with E-state index in [1.807, 2.05) is 13.1 Å². The third kappa shape index (κ3) is 1.31. The van der Waals surface area contributed by atoms with Crippen molar-refractivity contribution in [3.05, 3.63) is 18.0 Å². The first kappa shape index (κ1) is 8.25. The van der Waals surface area contributed by atoms with Gasteiger partial charge in [-0.15, -0.1) is 0 Å². The van der Waals surface area contributed by atoms with Crippen LogP contribution in [0.2, 0.25) is 0 Å². The second-order valence-electron chi connectivity index (χ2n) is 3.27. The van der Waals surface area contributed by atoms with Crippen LogP contribution < -0.4 is 5.73 Å². The number of hydrogen-bond donors (Lipinski definition) is 1. The van der Waals surface area contributed by atoms with Crippen LogP contribution >= 0.6 is 0 Å². The molecule has 2 N–H and O–H groups in total. The molecular weight excluding hydrogens is 168 g/mol. The number of rotatable bonds is 2. The summed E-state index contributed by atoms with van der Waals surface area (Å²) in [5, 5.41) is 4.02. The Labute approximate surface area is 76.1 Å². The van der Waals surface area contributed by atoms with Gasteiger partial charge < -0.3 is 10.6 Å². The van der Waals surface area contributed by atoms with Crippen molar-refractivity contribution in [1.29, 1.82) is 0 Å². The first-order valence-corrected chi connectivity index (χ1v) is 4.20. The molecule has 0 radical (unpaired) electrons. The average molecular weight is 180 g/mol. The standard InChI is InChI=1S/C8H12N4O/c1-11-6(2-3-10-11)4-12-5-7(9)8(12)13/h2-3,7H,4-5,9H2,1H3. The molecule has 0 bridgehead atoms. The Kier molecular flexibility index (Phi) is 1.81. The Balaban J connectivity index is 2.00. The van der Waals surface area contributed by atoms with Crippen molar-refractivity contribution in [2.45, 2.75) is 12.6 Å². The van der Waals surface area contributed by atoms with Crippen molar-refractivity contribution >= 4 is 5.91 Å². The number of nitrogens with two attached hydrogens (primary N) is 1. The number of carbonyl (C=O) groups excluding carboxylic acids is 1. The molecule has 2 rings (SSSR count). The van der Waals surface area contributed by atoms with Crippen molar-refractivity contribution in [2.75, 3.05) is 6.54 Å². The van der Waals surface area contributed by atoms with Crippen LogP contribution in [0.25, 0.3) is 0 Å². The van der Waals surface area contributed by atoms with E-state index >= 15 is 0 Å². The molecule has 1 saturated heterocycles. The number of carbonyl (C=O) groups is 1. The fourth-order valence-electron chi connectivity index (χ4n) is 1.42. The predicted octanol–water partition coefficient (Wildman–Crippen LogP) is -0.910. The molecule has 0 spiro atoms. The van der Waals surface area contributed by atoms with Gasteiger partial charge in [-0.25, -0.2) is 0 Å². The quantitative estimate of drug-likeness (QED) is 0.599. The van der Waals surface area contributed by atoms with Crippen LogP contribution in [0.15, 0.2) is 12.3 Å². The zero-order chi connectivity index (χ0) is 9.42. The fourth-order valence-corrected chi connectivity index (χ4v) is 1.42. The summed E-state index contributed by atoms with van der Waals surface area (Å²) in [4.78, 5) is 12.9. The molecule has 13 heavy (non-hydrogen) atoms. The summed E-state index contributed by atoms with van der Waals surface area (Å²) in [7, 11) is 1.86. The van der Waals surface area contributed by atoms with Gasteiger partial charge in [0.25, 0.3) is 0 Å². The summed E-state index contributed by atoms with van der Waals surface area (Å²) in [5.74, 6) is 0.0289. The number of nitrogens with zero attached hydrogens (tertiary/aromatic N) is 3. The molecule has 1 unspecified atom stereocenters. The van der Waals surface area contributed by atoms with Crippen LogP contribution in [0.4, 0.5) is 0 Å². The van der Waals surface area contributed by atoms with Gasteiger partial charge in [-0.2, -0.15) is 5.10 Å². The SMILES string of the molecule is Cn1nccc1CN1CC(N)C1=O. The Morgan fingerprint density at radius 3 is 3.00 bits per heavy atom. The maximum absolute atomic E-state index is 11.2. The van der Waals surface area contributed by atoms with E-state index in [1.54, 1.807) is 15.8 Å². The lowest BCUT2D eigenvalue weighted by Gasteiger charge is -2.35. The Morgan fingerprint density at radius 1 is 1.77 bits per heavy atom. The molecule has 0 aliphatic carbocycles. The lowest BCUT2D eigenvalue weighted by atomic mass is 10.1. The van der Waals surface area contributed by atoms with Gasteiger partial charge in [0.1, 0.15) is 6.04 Å². The summed E-state index contributed by atoms with van der Waals surface area (Å²) >= 11 is 0. The summed E-state index contributed by atoms with van der Waals surface area (Å²) in [6.45, 7) is 1.27. The van der Waals surface area contributed by atoms with E-state index in [0.29, 0.717) is 13.1 Å². The molecule has 1 fully saturated rings. The summed E-state index contributed by atoms with van der Waals surface area (Å²) < 4.78 is 1.76. The van der Waals surface area contributed by atoms with Crippen molar-refractivity contribution in [3.8, 4) is 0 Å². The van der Waals surface area contributed by atoms with E-state index in [2.05, 4.69) is 5.10 Å². The van der Waals surface area contributed by atoms with Crippen LogP contribution in [-0.2, 0) is 18.4 Å². The molecule has 2 heterocycles. The van der Waals surface area contributed by atoms with Gasteiger partial charge in [0, 0.05) is 19.8 Å². The zero-order valence-corrected chi connectivity index (χ0v) is 7.47. The molecule has 5 heteroatoms. The van der Waals surface area contributed by atoms with Crippen LogP contribution in [0, 0.1) is 0 Å². The smallest absolute Gasteiger partial charge is 0.241 e. The summed E-state index contributed by atoms with van der Waals surface area (Å²) in [6, 6.07) is 1.62. The van der Waals surface area contributed by atoms with Gasteiger partial charge in [0.05, 0.1) is 12.2 Å². The number of aromatic nitrogens is 2. The van der Waals surface area contributed by atoms with Crippen LogP contribution in [-0.4, -0.2) is 33.2 Å². The van der Waals surface area contributed by atoms with E-state index in [0.717, 1.165) is 5.69 Å². The Morgan fingerprint density at radius 2 is 2.54 bits per heavy atom. The van der Waals surface area contributed by atoms with Gasteiger partial charge in [0.15, 0.2) is 0 Å².